The standard InChI is InChI=1S/C28H26N4O2/c33-28(21-34-26-14-8-7-13-24(26)22-9-3-1-4-10-22)32-19-17-31(18-20-32)27-16-15-25(29-30-27)23-11-5-2-6-12-23/h1-16H,17-21H2. The minimum Gasteiger partial charge on any atom is -0.483 e. The summed E-state index contributed by atoms with van der Waals surface area (Å²) in [7, 11) is 0. The average Bonchev–Trinajstić information content (AvgIpc) is 2.93. The minimum atomic E-state index is -0.00646. The lowest BCUT2D eigenvalue weighted by Crippen LogP contribution is -2.50. The van der Waals surface area contributed by atoms with E-state index in [1.807, 2.05) is 102 Å². The van der Waals surface area contributed by atoms with Crippen LogP contribution in [0.25, 0.3) is 22.4 Å². The van der Waals surface area contributed by atoms with Crippen LogP contribution in [0.4, 0.5) is 5.82 Å². The lowest BCUT2D eigenvalue weighted by atomic mass is 10.1. The van der Waals surface area contributed by atoms with Crippen molar-refractivity contribution in [2.75, 3.05) is 37.7 Å². The highest BCUT2D eigenvalue weighted by molar-refractivity contribution is 5.79. The summed E-state index contributed by atoms with van der Waals surface area (Å²) in [5.41, 5.74) is 3.95. The Morgan fingerprint density at radius 2 is 1.35 bits per heavy atom. The number of benzene rings is 3. The molecule has 0 bridgehead atoms. The molecule has 0 spiro atoms. The van der Waals surface area contributed by atoms with Crippen LogP contribution in [0.3, 0.4) is 0 Å². The predicted octanol–water partition coefficient (Wildman–Crippen LogP) is 4.54. The summed E-state index contributed by atoms with van der Waals surface area (Å²) in [5.74, 6) is 1.54. The van der Waals surface area contributed by atoms with E-state index in [1.165, 1.54) is 0 Å². The molecule has 1 saturated heterocycles. The first-order valence-electron chi connectivity index (χ1n) is 11.5. The van der Waals surface area contributed by atoms with Crippen LogP contribution >= 0.6 is 0 Å². The van der Waals surface area contributed by atoms with Crippen LogP contribution in [-0.4, -0.2) is 53.8 Å². The van der Waals surface area contributed by atoms with Crippen molar-refractivity contribution >= 4 is 11.7 Å². The molecule has 0 radical (unpaired) electrons. The molecular formula is C28H26N4O2. The Kier molecular flexibility index (Phi) is 6.47. The molecule has 4 aromatic rings. The summed E-state index contributed by atoms with van der Waals surface area (Å²) < 4.78 is 5.95. The summed E-state index contributed by atoms with van der Waals surface area (Å²) in [6.07, 6.45) is 0. The van der Waals surface area contributed by atoms with E-state index >= 15 is 0 Å². The number of aromatic nitrogens is 2. The number of para-hydroxylation sites is 1. The molecule has 0 aliphatic carbocycles. The van der Waals surface area contributed by atoms with E-state index in [2.05, 4.69) is 15.1 Å². The summed E-state index contributed by atoms with van der Waals surface area (Å²) in [6, 6.07) is 31.9. The molecule has 6 heteroatoms. The molecule has 0 unspecified atom stereocenters. The van der Waals surface area contributed by atoms with Gasteiger partial charge in [-0.25, -0.2) is 0 Å². The van der Waals surface area contributed by atoms with Crippen LogP contribution in [0.15, 0.2) is 97.1 Å². The van der Waals surface area contributed by atoms with Gasteiger partial charge in [-0.3, -0.25) is 4.79 Å². The fourth-order valence-electron chi connectivity index (χ4n) is 4.12. The second kappa shape index (κ2) is 10.2. The van der Waals surface area contributed by atoms with Crippen LogP contribution in [0.5, 0.6) is 5.75 Å². The Hall–Kier alpha value is -4.19. The van der Waals surface area contributed by atoms with E-state index in [0.717, 1.165) is 34.0 Å². The monoisotopic (exact) mass is 450 g/mol. The molecule has 0 atom stereocenters. The maximum absolute atomic E-state index is 12.8. The molecule has 0 N–H and O–H groups in total. The van der Waals surface area contributed by atoms with Crippen LogP contribution < -0.4 is 9.64 Å². The first kappa shape index (κ1) is 21.6. The van der Waals surface area contributed by atoms with Gasteiger partial charge in [-0.15, -0.1) is 10.2 Å². The van der Waals surface area contributed by atoms with Crippen molar-refractivity contribution in [2.45, 2.75) is 0 Å². The molecule has 1 aliphatic heterocycles. The summed E-state index contributed by atoms with van der Waals surface area (Å²) >= 11 is 0. The van der Waals surface area contributed by atoms with Gasteiger partial charge in [-0.1, -0.05) is 78.9 Å². The number of hydrogen-bond acceptors (Lipinski definition) is 5. The zero-order chi connectivity index (χ0) is 23.2. The normalized spacial score (nSPS) is 13.5. The SMILES string of the molecule is O=C(COc1ccccc1-c1ccccc1)N1CCN(c2ccc(-c3ccccc3)nn2)CC1. The first-order valence-corrected chi connectivity index (χ1v) is 11.5. The Morgan fingerprint density at radius 3 is 2.03 bits per heavy atom. The maximum atomic E-state index is 12.8. The zero-order valence-corrected chi connectivity index (χ0v) is 18.9. The van der Waals surface area contributed by atoms with Gasteiger partial charge in [0.25, 0.3) is 5.91 Å². The van der Waals surface area contributed by atoms with Crippen LogP contribution in [0.2, 0.25) is 0 Å². The highest BCUT2D eigenvalue weighted by atomic mass is 16.5. The second-order valence-electron chi connectivity index (χ2n) is 8.16. The number of piperazine rings is 1. The molecule has 1 fully saturated rings. The number of hydrogen-bond donors (Lipinski definition) is 0. The Balaban J connectivity index is 1.16. The Bertz CT molecular complexity index is 1220. The van der Waals surface area contributed by atoms with Gasteiger partial charge < -0.3 is 14.5 Å². The van der Waals surface area contributed by atoms with Gasteiger partial charge in [0.1, 0.15) is 5.75 Å². The third-order valence-electron chi connectivity index (χ3n) is 6.00. The van der Waals surface area contributed by atoms with Gasteiger partial charge in [-0.2, -0.15) is 0 Å². The van der Waals surface area contributed by atoms with Gasteiger partial charge in [0.15, 0.2) is 12.4 Å². The van der Waals surface area contributed by atoms with Crippen LogP contribution in [-0.2, 0) is 4.79 Å². The molecule has 6 nitrogen and oxygen atoms in total. The van der Waals surface area contributed by atoms with E-state index in [4.69, 9.17) is 4.74 Å². The number of carbonyl (C=O) groups excluding carboxylic acids is 1. The largest absolute Gasteiger partial charge is 0.483 e. The zero-order valence-electron chi connectivity index (χ0n) is 18.9. The number of ether oxygens (including phenoxy) is 1. The van der Waals surface area contributed by atoms with Crippen molar-refractivity contribution in [3.63, 3.8) is 0 Å². The second-order valence-corrected chi connectivity index (χ2v) is 8.16. The predicted molar refractivity (Wildman–Crippen MR) is 134 cm³/mol. The molecule has 1 amide bonds. The fourth-order valence-corrected chi connectivity index (χ4v) is 4.12. The molecule has 1 aromatic heterocycles. The summed E-state index contributed by atoms with van der Waals surface area (Å²) in [6.45, 7) is 2.71. The average molecular weight is 451 g/mol. The topological polar surface area (TPSA) is 58.6 Å². The van der Waals surface area contributed by atoms with E-state index in [-0.39, 0.29) is 12.5 Å². The van der Waals surface area contributed by atoms with E-state index in [0.29, 0.717) is 26.2 Å². The number of rotatable bonds is 6. The van der Waals surface area contributed by atoms with E-state index in [9.17, 15) is 4.79 Å². The molecule has 34 heavy (non-hydrogen) atoms. The number of anilines is 1. The molecule has 5 rings (SSSR count). The molecule has 170 valence electrons. The van der Waals surface area contributed by atoms with Crippen molar-refractivity contribution in [2.24, 2.45) is 0 Å². The third kappa shape index (κ3) is 4.91. The summed E-state index contributed by atoms with van der Waals surface area (Å²) in [5, 5.41) is 8.79. The van der Waals surface area contributed by atoms with Crippen LogP contribution in [0, 0.1) is 0 Å². The molecular weight excluding hydrogens is 424 g/mol. The lowest BCUT2D eigenvalue weighted by Gasteiger charge is -2.35. The smallest absolute Gasteiger partial charge is 0.260 e. The highest BCUT2D eigenvalue weighted by Gasteiger charge is 2.23. The number of nitrogens with zero attached hydrogens (tertiary/aromatic N) is 4. The lowest BCUT2D eigenvalue weighted by molar-refractivity contribution is -0.133. The van der Waals surface area contributed by atoms with Crippen LogP contribution in [0.1, 0.15) is 0 Å². The van der Waals surface area contributed by atoms with Gasteiger partial charge in [0, 0.05) is 37.3 Å². The van der Waals surface area contributed by atoms with Gasteiger partial charge >= 0.3 is 0 Å². The minimum absolute atomic E-state index is 0.00646. The van der Waals surface area contributed by atoms with E-state index in [1.54, 1.807) is 0 Å². The molecule has 1 aliphatic rings. The Morgan fingerprint density at radius 1 is 0.706 bits per heavy atom. The van der Waals surface area contributed by atoms with Crippen molar-refractivity contribution in [1.82, 2.24) is 15.1 Å². The van der Waals surface area contributed by atoms with Gasteiger partial charge in [0.2, 0.25) is 0 Å². The first-order chi connectivity index (χ1) is 16.8. The third-order valence-corrected chi connectivity index (χ3v) is 6.00. The Labute approximate surface area is 199 Å². The van der Waals surface area contributed by atoms with Crippen molar-refractivity contribution < 1.29 is 9.53 Å². The van der Waals surface area contributed by atoms with Crippen molar-refractivity contribution in [1.29, 1.82) is 0 Å². The molecule has 2 heterocycles. The number of amides is 1. The van der Waals surface area contributed by atoms with Crippen molar-refractivity contribution in [3.8, 4) is 28.1 Å². The van der Waals surface area contributed by atoms with Gasteiger partial charge in [-0.05, 0) is 23.8 Å². The molecule has 3 aromatic carbocycles. The highest BCUT2D eigenvalue weighted by Crippen LogP contribution is 2.29. The number of carbonyl (C=O) groups is 1. The summed E-state index contributed by atoms with van der Waals surface area (Å²) in [4.78, 5) is 16.8. The quantitative estimate of drug-likeness (QED) is 0.432. The maximum Gasteiger partial charge on any atom is 0.260 e. The van der Waals surface area contributed by atoms with E-state index < -0.39 is 0 Å². The molecule has 0 saturated carbocycles. The van der Waals surface area contributed by atoms with Crippen molar-refractivity contribution in [3.05, 3.63) is 97.1 Å². The van der Waals surface area contributed by atoms with Gasteiger partial charge in [0.05, 0.1) is 5.69 Å². The fraction of sp³-hybridized carbons (Fsp3) is 0.179.